The van der Waals surface area contributed by atoms with Gasteiger partial charge in [0.2, 0.25) is 0 Å². The number of carbonyl (C=O) groups is 1. The van der Waals surface area contributed by atoms with Crippen LogP contribution in [-0.2, 0) is 4.74 Å². The standard InChI is InChI=1S/C34H29N5O4S2/c1-21-20-29(22(2)37(21)24-9-7-23(8-10-24)33(40)43-3)32-31(30-6-4-5-19-35-30)36-34(44)38(32)25-11-15-27(16-12-25)45-28-17-13-26(14-18-28)39(41)42/h4-20,31-32H,1-3H3,(H,36,44)/t31-,32+/m1/s1. The first-order chi connectivity index (χ1) is 21.7. The van der Waals surface area contributed by atoms with Crippen molar-refractivity contribution in [2.24, 2.45) is 0 Å². The van der Waals surface area contributed by atoms with Gasteiger partial charge in [-0.15, -0.1) is 0 Å². The number of methoxy groups -OCH3 is 1. The van der Waals surface area contributed by atoms with Crippen molar-refractivity contribution in [3.05, 3.63) is 142 Å². The van der Waals surface area contributed by atoms with Crippen molar-refractivity contribution in [3.8, 4) is 5.69 Å². The summed E-state index contributed by atoms with van der Waals surface area (Å²) < 4.78 is 7.04. The maximum Gasteiger partial charge on any atom is 0.337 e. The number of nitro groups is 1. The third-order valence-corrected chi connectivity index (χ3v) is 9.16. The first-order valence-corrected chi connectivity index (χ1v) is 15.4. The summed E-state index contributed by atoms with van der Waals surface area (Å²) in [6, 6.07) is 29.7. The Morgan fingerprint density at radius 3 is 2.20 bits per heavy atom. The first kappa shape index (κ1) is 30.0. The van der Waals surface area contributed by atoms with Gasteiger partial charge in [0.05, 0.1) is 35.4 Å². The van der Waals surface area contributed by atoms with E-state index in [0.717, 1.165) is 43.8 Å². The van der Waals surface area contributed by atoms with E-state index in [2.05, 4.69) is 39.7 Å². The average Bonchev–Trinajstić information content (AvgIpc) is 3.56. The van der Waals surface area contributed by atoms with Crippen LogP contribution >= 0.6 is 24.0 Å². The summed E-state index contributed by atoms with van der Waals surface area (Å²) in [6.45, 7) is 4.16. The minimum atomic E-state index is -0.400. The van der Waals surface area contributed by atoms with E-state index in [1.165, 1.54) is 31.0 Å². The normalized spacial score (nSPS) is 16.0. The van der Waals surface area contributed by atoms with Crippen LogP contribution in [0, 0.1) is 24.0 Å². The fraction of sp³-hybridized carbons (Fsp3) is 0.147. The molecule has 9 nitrogen and oxygen atoms in total. The van der Waals surface area contributed by atoms with E-state index in [-0.39, 0.29) is 23.7 Å². The Morgan fingerprint density at radius 2 is 1.60 bits per heavy atom. The van der Waals surface area contributed by atoms with Crippen LogP contribution in [0.1, 0.15) is 45.1 Å². The van der Waals surface area contributed by atoms with Gasteiger partial charge >= 0.3 is 5.97 Å². The predicted molar refractivity (Wildman–Crippen MR) is 178 cm³/mol. The van der Waals surface area contributed by atoms with Gasteiger partial charge in [-0.25, -0.2) is 4.79 Å². The number of non-ortho nitro benzene ring substituents is 1. The summed E-state index contributed by atoms with van der Waals surface area (Å²) in [6.07, 6.45) is 1.79. The van der Waals surface area contributed by atoms with E-state index in [1.54, 1.807) is 30.5 Å². The topological polar surface area (TPSA) is 103 Å². The third kappa shape index (κ3) is 5.92. The number of pyridine rings is 1. The molecule has 1 aliphatic rings. The van der Waals surface area contributed by atoms with Crippen LogP contribution in [0.15, 0.2) is 113 Å². The average molecular weight is 636 g/mol. The smallest absolute Gasteiger partial charge is 0.337 e. The van der Waals surface area contributed by atoms with E-state index in [9.17, 15) is 14.9 Å². The highest BCUT2D eigenvalue weighted by Gasteiger charge is 2.42. The van der Waals surface area contributed by atoms with Gasteiger partial charge in [0, 0.05) is 50.9 Å². The molecule has 0 bridgehead atoms. The van der Waals surface area contributed by atoms with Gasteiger partial charge in [0.15, 0.2) is 5.11 Å². The number of nitrogens with one attached hydrogen (secondary N) is 1. The summed E-state index contributed by atoms with van der Waals surface area (Å²) in [5, 5.41) is 15.1. The van der Waals surface area contributed by atoms with Crippen molar-refractivity contribution in [2.75, 3.05) is 12.0 Å². The highest BCUT2D eigenvalue weighted by molar-refractivity contribution is 7.99. The molecule has 3 heterocycles. The molecule has 45 heavy (non-hydrogen) atoms. The predicted octanol–water partition coefficient (Wildman–Crippen LogP) is 7.51. The molecular formula is C34H29N5O4S2. The number of carbonyl (C=O) groups excluding carboxylic acids is 1. The van der Waals surface area contributed by atoms with Gasteiger partial charge in [0.1, 0.15) is 0 Å². The number of benzene rings is 3. The molecule has 1 fully saturated rings. The molecule has 2 aromatic heterocycles. The minimum Gasteiger partial charge on any atom is -0.465 e. The Hall–Kier alpha value is -5.00. The number of rotatable bonds is 8. The molecule has 1 saturated heterocycles. The Labute approximate surface area is 270 Å². The number of anilines is 1. The molecule has 0 unspecified atom stereocenters. The number of ether oxygens (including phenoxy) is 1. The van der Waals surface area contributed by atoms with E-state index in [1.807, 2.05) is 54.6 Å². The number of hydrogen-bond donors (Lipinski definition) is 1. The SMILES string of the molecule is COC(=O)c1ccc(-n2c(C)cc([C@H]3[C@@H](c4ccccn4)NC(=S)N3c3ccc(Sc4ccc([N+](=O)[O-])cc4)cc3)c2C)cc1. The van der Waals surface area contributed by atoms with E-state index >= 15 is 0 Å². The Morgan fingerprint density at radius 1 is 0.956 bits per heavy atom. The Kier molecular flexibility index (Phi) is 8.38. The molecule has 0 radical (unpaired) electrons. The number of nitro benzene ring substituents is 1. The summed E-state index contributed by atoms with van der Waals surface area (Å²) in [7, 11) is 1.37. The molecule has 0 amide bonds. The molecule has 6 rings (SSSR count). The van der Waals surface area contributed by atoms with Crippen molar-refractivity contribution in [3.63, 3.8) is 0 Å². The van der Waals surface area contributed by atoms with Crippen molar-refractivity contribution in [2.45, 2.75) is 35.7 Å². The van der Waals surface area contributed by atoms with Crippen molar-refractivity contribution in [1.82, 2.24) is 14.9 Å². The largest absolute Gasteiger partial charge is 0.465 e. The molecule has 0 saturated carbocycles. The number of aryl methyl sites for hydroxylation is 1. The number of esters is 1. The Bertz CT molecular complexity index is 1880. The third-order valence-electron chi connectivity index (χ3n) is 7.83. The van der Waals surface area contributed by atoms with Gasteiger partial charge in [-0.2, -0.15) is 0 Å². The molecule has 1 aliphatic heterocycles. The summed E-state index contributed by atoms with van der Waals surface area (Å²) in [5.74, 6) is -0.375. The van der Waals surface area contributed by atoms with Crippen LogP contribution < -0.4 is 10.2 Å². The fourth-order valence-corrected chi connectivity index (χ4v) is 6.91. The van der Waals surface area contributed by atoms with Crippen LogP contribution in [0.25, 0.3) is 5.69 Å². The lowest BCUT2D eigenvalue weighted by Gasteiger charge is -2.28. The van der Waals surface area contributed by atoms with Gasteiger partial charge in [-0.1, -0.05) is 17.8 Å². The number of thiocarbonyl (C=S) groups is 1. The zero-order chi connectivity index (χ0) is 31.7. The lowest BCUT2D eigenvalue weighted by atomic mass is 9.96. The van der Waals surface area contributed by atoms with E-state index in [4.69, 9.17) is 17.0 Å². The molecular weight excluding hydrogens is 607 g/mol. The van der Waals surface area contributed by atoms with Gasteiger partial charge < -0.3 is 19.5 Å². The molecule has 0 aliphatic carbocycles. The summed E-state index contributed by atoms with van der Waals surface area (Å²) in [5.41, 5.74) is 6.48. The maximum atomic E-state index is 12.0. The van der Waals surface area contributed by atoms with Crippen LogP contribution in [0.5, 0.6) is 0 Å². The highest BCUT2D eigenvalue weighted by atomic mass is 32.2. The lowest BCUT2D eigenvalue weighted by molar-refractivity contribution is -0.384. The molecule has 1 N–H and O–H groups in total. The molecule has 0 spiro atoms. The highest BCUT2D eigenvalue weighted by Crippen LogP contribution is 2.44. The Balaban J connectivity index is 1.36. The second-order valence-electron chi connectivity index (χ2n) is 10.5. The number of aromatic nitrogens is 2. The van der Waals surface area contributed by atoms with Gasteiger partial charge in [-0.3, -0.25) is 15.1 Å². The zero-order valence-corrected chi connectivity index (χ0v) is 26.3. The minimum absolute atomic E-state index is 0.0656. The second kappa shape index (κ2) is 12.5. The van der Waals surface area contributed by atoms with E-state index < -0.39 is 4.92 Å². The maximum absolute atomic E-state index is 12.0. The first-order valence-electron chi connectivity index (χ1n) is 14.2. The quantitative estimate of drug-likeness (QED) is 0.0803. The second-order valence-corrected chi connectivity index (χ2v) is 12.1. The fourth-order valence-electron chi connectivity index (χ4n) is 5.74. The van der Waals surface area contributed by atoms with Gasteiger partial charge in [-0.05, 0) is 110 Å². The van der Waals surface area contributed by atoms with Crippen molar-refractivity contribution >= 4 is 46.4 Å². The van der Waals surface area contributed by atoms with Crippen LogP contribution in [0.3, 0.4) is 0 Å². The number of nitrogens with zero attached hydrogens (tertiary/aromatic N) is 4. The monoisotopic (exact) mass is 635 g/mol. The van der Waals surface area contributed by atoms with Crippen LogP contribution in [0.4, 0.5) is 11.4 Å². The zero-order valence-electron chi connectivity index (χ0n) is 24.7. The van der Waals surface area contributed by atoms with Crippen LogP contribution in [0.2, 0.25) is 0 Å². The van der Waals surface area contributed by atoms with Crippen molar-refractivity contribution < 1.29 is 14.5 Å². The van der Waals surface area contributed by atoms with Crippen molar-refractivity contribution in [1.29, 1.82) is 0 Å². The van der Waals surface area contributed by atoms with E-state index in [0.29, 0.717) is 10.7 Å². The summed E-state index contributed by atoms with van der Waals surface area (Å²) >= 11 is 7.48. The molecule has 226 valence electrons. The number of hydrogen-bond acceptors (Lipinski definition) is 7. The summed E-state index contributed by atoms with van der Waals surface area (Å²) in [4.78, 5) is 31.4. The molecule has 5 aromatic rings. The van der Waals surface area contributed by atoms with Crippen LogP contribution in [-0.4, -0.2) is 32.7 Å². The molecule has 2 atom stereocenters. The molecule has 3 aromatic carbocycles. The lowest BCUT2D eigenvalue weighted by Crippen LogP contribution is -2.29. The van der Waals surface area contributed by atoms with Gasteiger partial charge in [0.25, 0.3) is 5.69 Å². The molecule has 11 heteroatoms.